The van der Waals surface area contributed by atoms with Gasteiger partial charge in [-0.15, -0.1) is 0 Å². The molecule has 0 spiro atoms. The van der Waals surface area contributed by atoms with Crippen LogP contribution >= 0.6 is 0 Å². The zero-order valence-electron chi connectivity index (χ0n) is 10.1. The summed E-state index contributed by atoms with van der Waals surface area (Å²) in [6, 6.07) is 7.26. The van der Waals surface area contributed by atoms with Gasteiger partial charge in [-0.05, 0) is 11.6 Å². The Morgan fingerprint density at radius 3 is 2.76 bits per heavy atom. The number of fused-ring (bicyclic) bond motifs is 1. The number of anilines is 1. The lowest BCUT2D eigenvalue weighted by Crippen LogP contribution is -2.50. The van der Waals surface area contributed by atoms with Crippen molar-refractivity contribution in [2.24, 2.45) is 11.7 Å². The highest BCUT2D eigenvalue weighted by Crippen LogP contribution is 2.38. The van der Waals surface area contributed by atoms with E-state index in [1.54, 1.807) is 6.92 Å². The second-order valence-electron chi connectivity index (χ2n) is 4.47. The van der Waals surface area contributed by atoms with Gasteiger partial charge in [-0.2, -0.15) is 0 Å². The van der Waals surface area contributed by atoms with E-state index in [4.69, 9.17) is 5.73 Å². The van der Waals surface area contributed by atoms with Crippen LogP contribution in [0.25, 0.3) is 0 Å². The summed E-state index contributed by atoms with van der Waals surface area (Å²) in [6.07, 6.45) is -0.472. The molecule has 2 rings (SSSR count). The standard InChI is InChI=1S/C13H18N2O2/c1-3-11(16)15-10-7-5-4-6-9(10)12(14)8(2)13(15)17/h4-8,12-13,17H,3,14H2,1-2H3/t8-,12-,13+/m1/s1. The van der Waals surface area contributed by atoms with Gasteiger partial charge in [0.15, 0.2) is 0 Å². The Balaban J connectivity index is 2.52. The van der Waals surface area contributed by atoms with E-state index in [0.717, 1.165) is 11.3 Å². The quantitative estimate of drug-likeness (QED) is 0.771. The number of para-hydroxylation sites is 1. The third kappa shape index (κ3) is 1.83. The van der Waals surface area contributed by atoms with Crippen LogP contribution in [0.2, 0.25) is 0 Å². The van der Waals surface area contributed by atoms with Crippen LogP contribution in [0.5, 0.6) is 0 Å². The van der Waals surface area contributed by atoms with E-state index >= 15 is 0 Å². The van der Waals surface area contributed by atoms with Crippen molar-refractivity contribution < 1.29 is 9.90 Å². The Bertz CT molecular complexity index is 433. The largest absolute Gasteiger partial charge is 0.373 e. The molecule has 1 aliphatic heterocycles. The predicted octanol–water partition coefficient (Wildman–Crippen LogP) is 1.40. The molecule has 0 aliphatic carbocycles. The number of benzene rings is 1. The average Bonchev–Trinajstić information content (AvgIpc) is 2.36. The first kappa shape index (κ1) is 12.1. The van der Waals surface area contributed by atoms with Crippen LogP contribution in [0.15, 0.2) is 24.3 Å². The lowest BCUT2D eigenvalue weighted by atomic mass is 9.87. The zero-order valence-corrected chi connectivity index (χ0v) is 10.1. The number of hydrogen-bond donors (Lipinski definition) is 2. The first-order chi connectivity index (χ1) is 8.07. The highest BCUT2D eigenvalue weighted by Gasteiger charge is 2.37. The maximum Gasteiger partial charge on any atom is 0.228 e. The van der Waals surface area contributed by atoms with Gasteiger partial charge in [0.05, 0.1) is 5.69 Å². The molecule has 0 saturated heterocycles. The molecule has 1 aliphatic rings. The third-order valence-corrected chi connectivity index (χ3v) is 3.43. The lowest BCUT2D eigenvalue weighted by Gasteiger charge is -2.41. The van der Waals surface area contributed by atoms with E-state index in [0.29, 0.717) is 6.42 Å². The maximum atomic E-state index is 11.9. The van der Waals surface area contributed by atoms with Crippen LogP contribution in [0.4, 0.5) is 5.69 Å². The van der Waals surface area contributed by atoms with Crippen LogP contribution in [-0.2, 0) is 4.79 Å². The first-order valence-corrected chi connectivity index (χ1v) is 5.92. The van der Waals surface area contributed by atoms with E-state index in [1.165, 1.54) is 4.90 Å². The SMILES string of the molecule is CCC(=O)N1c2ccccc2[C@H](N)[C@@H](C)[C@@H]1O. The molecular weight excluding hydrogens is 216 g/mol. The number of nitrogens with two attached hydrogens (primary N) is 1. The fraction of sp³-hybridized carbons (Fsp3) is 0.462. The number of hydrogen-bond acceptors (Lipinski definition) is 3. The number of aliphatic hydroxyl groups is 1. The van der Waals surface area contributed by atoms with E-state index in [-0.39, 0.29) is 17.9 Å². The summed E-state index contributed by atoms with van der Waals surface area (Å²) < 4.78 is 0. The minimum Gasteiger partial charge on any atom is -0.373 e. The summed E-state index contributed by atoms with van der Waals surface area (Å²) in [5.41, 5.74) is 7.74. The molecule has 92 valence electrons. The summed E-state index contributed by atoms with van der Waals surface area (Å²) >= 11 is 0. The number of carbonyl (C=O) groups excluding carboxylic acids is 1. The number of nitrogens with zero attached hydrogens (tertiary/aromatic N) is 1. The highest BCUT2D eigenvalue weighted by molar-refractivity contribution is 5.95. The van der Waals surface area contributed by atoms with Gasteiger partial charge in [0.2, 0.25) is 5.91 Å². The molecule has 1 aromatic rings. The minimum absolute atomic E-state index is 0.0799. The van der Waals surface area contributed by atoms with Crippen LogP contribution in [0, 0.1) is 5.92 Å². The highest BCUT2D eigenvalue weighted by atomic mass is 16.3. The van der Waals surface area contributed by atoms with E-state index < -0.39 is 6.23 Å². The first-order valence-electron chi connectivity index (χ1n) is 5.92. The fourth-order valence-corrected chi connectivity index (χ4v) is 2.29. The molecule has 0 aromatic heterocycles. The molecule has 0 saturated carbocycles. The average molecular weight is 234 g/mol. The van der Waals surface area contributed by atoms with Gasteiger partial charge >= 0.3 is 0 Å². The zero-order chi connectivity index (χ0) is 12.6. The molecular formula is C13H18N2O2. The number of aliphatic hydroxyl groups excluding tert-OH is 1. The molecule has 0 bridgehead atoms. The lowest BCUT2D eigenvalue weighted by molar-refractivity contribution is -0.121. The van der Waals surface area contributed by atoms with Crippen molar-refractivity contribution in [2.45, 2.75) is 32.5 Å². The van der Waals surface area contributed by atoms with Gasteiger partial charge in [0.1, 0.15) is 6.23 Å². The van der Waals surface area contributed by atoms with Crippen LogP contribution in [-0.4, -0.2) is 17.2 Å². The smallest absolute Gasteiger partial charge is 0.228 e. The molecule has 0 unspecified atom stereocenters. The molecule has 17 heavy (non-hydrogen) atoms. The minimum atomic E-state index is -0.840. The molecule has 0 radical (unpaired) electrons. The topological polar surface area (TPSA) is 66.6 Å². The molecule has 0 fully saturated rings. The van der Waals surface area contributed by atoms with Gasteiger partial charge in [-0.3, -0.25) is 9.69 Å². The summed E-state index contributed by atoms with van der Waals surface area (Å²) in [6.45, 7) is 3.65. The number of amides is 1. The second-order valence-corrected chi connectivity index (χ2v) is 4.47. The molecule has 4 nitrogen and oxygen atoms in total. The van der Waals surface area contributed by atoms with Crippen molar-refractivity contribution >= 4 is 11.6 Å². The van der Waals surface area contributed by atoms with Crippen molar-refractivity contribution in [3.05, 3.63) is 29.8 Å². The Morgan fingerprint density at radius 2 is 2.12 bits per heavy atom. The van der Waals surface area contributed by atoms with Gasteiger partial charge < -0.3 is 10.8 Å². The molecule has 1 amide bonds. The Labute approximate surface area is 101 Å². The summed E-state index contributed by atoms with van der Waals surface area (Å²) in [5.74, 6) is -0.246. The normalized spacial score (nSPS) is 27.8. The summed E-state index contributed by atoms with van der Waals surface area (Å²) in [7, 11) is 0. The Hall–Kier alpha value is -1.39. The second kappa shape index (κ2) is 4.47. The van der Waals surface area contributed by atoms with Crippen molar-refractivity contribution in [3.8, 4) is 0 Å². The van der Waals surface area contributed by atoms with E-state index in [1.807, 2.05) is 31.2 Å². The van der Waals surface area contributed by atoms with Crippen LogP contribution in [0.1, 0.15) is 31.9 Å². The molecule has 1 aromatic carbocycles. The van der Waals surface area contributed by atoms with E-state index in [2.05, 4.69) is 0 Å². The van der Waals surface area contributed by atoms with Gasteiger partial charge in [0, 0.05) is 18.4 Å². The van der Waals surface area contributed by atoms with Gasteiger partial charge in [-0.25, -0.2) is 0 Å². The van der Waals surface area contributed by atoms with Crippen molar-refractivity contribution in [1.29, 1.82) is 0 Å². The van der Waals surface area contributed by atoms with Crippen LogP contribution in [0.3, 0.4) is 0 Å². The molecule has 4 heteroatoms. The van der Waals surface area contributed by atoms with Crippen molar-refractivity contribution in [1.82, 2.24) is 0 Å². The maximum absolute atomic E-state index is 11.9. The molecule has 3 atom stereocenters. The summed E-state index contributed by atoms with van der Waals surface area (Å²) in [5, 5.41) is 10.2. The van der Waals surface area contributed by atoms with Gasteiger partial charge in [-0.1, -0.05) is 32.0 Å². The van der Waals surface area contributed by atoms with E-state index in [9.17, 15) is 9.90 Å². The van der Waals surface area contributed by atoms with Crippen molar-refractivity contribution in [2.75, 3.05) is 4.90 Å². The predicted molar refractivity (Wildman–Crippen MR) is 66.3 cm³/mol. The van der Waals surface area contributed by atoms with Crippen LogP contribution < -0.4 is 10.6 Å². The van der Waals surface area contributed by atoms with Gasteiger partial charge in [0.25, 0.3) is 0 Å². The Morgan fingerprint density at radius 1 is 1.47 bits per heavy atom. The molecule has 3 N–H and O–H groups in total. The van der Waals surface area contributed by atoms with Crippen molar-refractivity contribution in [3.63, 3.8) is 0 Å². The Kier molecular flexibility index (Phi) is 3.17. The fourth-order valence-electron chi connectivity index (χ4n) is 2.29. The number of carbonyl (C=O) groups is 1. The monoisotopic (exact) mass is 234 g/mol. The summed E-state index contributed by atoms with van der Waals surface area (Å²) in [4.78, 5) is 13.4. The third-order valence-electron chi connectivity index (χ3n) is 3.43. The molecule has 1 heterocycles. The number of rotatable bonds is 1.